The second-order valence-corrected chi connectivity index (χ2v) is 5.51. The highest BCUT2D eigenvalue weighted by Gasteiger charge is 2.27. The van der Waals surface area contributed by atoms with Crippen LogP contribution >= 0.6 is 0 Å². The van der Waals surface area contributed by atoms with Crippen molar-refractivity contribution in [2.45, 2.75) is 40.5 Å². The van der Waals surface area contributed by atoms with Gasteiger partial charge in [0.05, 0.1) is 6.61 Å². The van der Waals surface area contributed by atoms with Gasteiger partial charge in [-0.25, -0.2) is 0 Å². The van der Waals surface area contributed by atoms with Crippen molar-refractivity contribution in [2.24, 2.45) is 5.41 Å². The van der Waals surface area contributed by atoms with Gasteiger partial charge < -0.3 is 10.0 Å². The molecule has 1 aromatic carbocycles. The molecule has 0 radical (unpaired) electrons. The first-order valence-electron chi connectivity index (χ1n) is 6.87. The fourth-order valence-electron chi connectivity index (χ4n) is 2.57. The lowest BCUT2D eigenvalue weighted by molar-refractivity contribution is 0.121. The van der Waals surface area contributed by atoms with Gasteiger partial charge in [0, 0.05) is 24.7 Å². The van der Waals surface area contributed by atoms with Gasteiger partial charge in [0.2, 0.25) is 0 Å². The van der Waals surface area contributed by atoms with Crippen LogP contribution in [0.1, 0.15) is 37.8 Å². The van der Waals surface area contributed by atoms with Gasteiger partial charge in [0.15, 0.2) is 0 Å². The van der Waals surface area contributed by atoms with E-state index < -0.39 is 0 Å². The smallest absolute Gasteiger partial charge is 0.0504 e. The van der Waals surface area contributed by atoms with Crippen LogP contribution in [0.2, 0.25) is 0 Å². The number of benzene rings is 1. The molecular formula is C16H27NO. The van der Waals surface area contributed by atoms with E-state index in [1.165, 1.54) is 16.8 Å². The molecule has 1 aromatic rings. The van der Waals surface area contributed by atoms with Crippen LogP contribution < -0.4 is 4.90 Å². The minimum absolute atomic E-state index is 0.0199. The van der Waals surface area contributed by atoms with Crippen LogP contribution in [-0.2, 0) is 0 Å². The van der Waals surface area contributed by atoms with E-state index in [1.54, 1.807) is 0 Å². The highest BCUT2D eigenvalue weighted by Crippen LogP contribution is 2.30. The molecule has 0 saturated heterocycles. The Morgan fingerprint density at radius 3 is 2.22 bits per heavy atom. The third kappa shape index (κ3) is 3.26. The molecule has 0 aliphatic heterocycles. The Hall–Kier alpha value is -1.02. The molecular weight excluding hydrogens is 222 g/mol. The van der Waals surface area contributed by atoms with Gasteiger partial charge in [-0.05, 0) is 38.3 Å². The van der Waals surface area contributed by atoms with E-state index >= 15 is 0 Å². The zero-order valence-electron chi connectivity index (χ0n) is 12.5. The van der Waals surface area contributed by atoms with E-state index in [9.17, 15) is 5.11 Å². The Balaban J connectivity index is 2.90. The molecule has 0 fully saturated rings. The van der Waals surface area contributed by atoms with Crippen LogP contribution in [0.3, 0.4) is 0 Å². The van der Waals surface area contributed by atoms with Crippen LogP contribution in [-0.4, -0.2) is 25.3 Å². The lowest BCUT2D eigenvalue weighted by Gasteiger charge is -2.35. The molecule has 0 atom stereocenters. The summed E-state index contributed by atoms with van der Waals surface area (Å²) in [5, 5.41) is 9.66. The Bertz CT molecular complexity index is 374. The van der Waals surface area contributed by atoms with Gasteiger partial charge in [-0.1, -0.05) is 31.5 Å². The number of hydrogen-bond acceptors (Lipinski definition) is 2. The van der Waals surface area contributed by atoms with Crippen molar-refractivity contribution < 1.29 is 5.11 Å². The second kappa shape index (κ2) is 6.24. The molecule has 0 saturated carbocycles. The zero-order chi connectivity index (χ0) is 13.8. The molecule has 1 rings (SSSR count). The van der Waals surface area contributed by atoms with Crippen molar-refractivity contribution in [3.05, 3.63) is 29.3 Å². The first kappa shape index (κ1) is 15.0. The normalized spacial score (nSPS) is 11.7. The van der Waals surface area contributed by atoms with Crippen LogP contribution in [0.4, 0.5) is 5.69 Å². The lowest BCUT2D eigenvalue weighted by Crippen LogP contribution is -2.38. The summed E-state index contributed by atoms with van der Waals surface area (Å²) < 4.78 is 0. The summed E-state index contributed by atoms with van der Waals surface area (Å²) in [4.78, 5) is 2.28. The van der Waals surface area contributed by atoms with Crippen molar-refractivity contribution in [2.75, 3.05) is 25.1 Å². The van der Waals surface area contributed by atoms with Gasteiger partial charge >= 0.3 is 0 Å². The van der Waals surface area contributed by atoms with Crippen LogP contribution in [0.15, 0.2) is 18.2 Å². The zero-order valence-corrected chi connectivity index (χ0v) is 12.5. The van der Waals surface area contributed by atoms with Gasteiger partial charge in [-0.3, -0.25) is 0 Å². The fraction of sp³-hybridized carbons (Fsp3) is 0.625. The van der Waals surface area contributed by atoms with Crippen molar-refractivity contribution in [1.29, 1.82) is 0 Å². The van der Waals surface area contributed by atoms with Crippen molar-refractivity contribution in [3.63, 3.8) is 0 Å². The molecule has 1 N–H and O–H groups in total. The second-order valence-electron chi connectivity index (χ2n) is 5.51. The quantitative estimate of drug-likeness (QED) is 0.833. The van der Waals surface area contributed by atoms with Crippen molar-refractivity contribution in [3.8, 4) is 0 Å². The summed E-state index contributed by atoms with van der Waals surface area (Å²) in [7, 11) is 2.12. The van der Waals surface area contributed by atoms with Crippen LogP contribution in [0, 0.1) is 19.3 Å². The van der Waals surface area contributed by atoms with Crippen molar-refractivity contribution >= 4 is 5.69 Å². The number of nitrogens with zero attached hydrogens (tertiary/aromatic N) is 1. The van der Waals surface area contributed by atoms with Gasteiger partial charge in [0.25, 0.3) is 0 Å². The molecule has 2 nitrogen and oxygen atoms in total. The summed E-state index contributed by atoms with van der Waals surface area (Å²) in [5.74, 6) is 0. The topological polar surface area (TPSA) is 23.5 Å². The van der Waals surface area contributed by atoms with E-state index in [-0.39, 0.29) is 12.0 Å². The lowest BCUT2D eigenvalue weighted by atomic mass is 9.82. The molecule has 0 amide bonds. The number of hydrogen-bond donors (Lipinski definition) is 1. The number of aryl methyl sites for hydroxylation is 2. The maximum absolute atomic E-state index is 9.66. The Labute approximate surface area is 112 Å². The van der Waals surface area contributed by atoms with Gasteiger partial charge in [-0.2, -0.15) is 0 Å². The van der Waals surface area contributed by atoms with Gasteiger partial charge in [0.1, 0.15) is 0 Å². The summed E-state index contributed by atoms with van der Waals surface area (Å²) >= 11 is 0. The van der Waals surface area contributed by atoms with Gasteiger partial charge in [-0.15, -0.1) is 0 Å². The standard InChI is InChI=1S/C16H27NO/c1-6-16(7-2,12-18)11-17(5)15-9-8-13(3)10-14(15)4/h8-10,18H,6-7,11-12H2,1-5H3. The summed E-state index contributed by atoms with van der Waals surface area (Å²) in [5.41, 5.74) is 3.88. The predicted octanol–water partition coefficient (Wildman–Crippen LogP) is 3.54. The Morgan fingerprint density at radius 2 is 1.78 bits per heavy atom. The number of aliphatic hydroxyl groups is 1. The van der Waals surface area contributed by atoms with E-state index in [2.05, 4.69) is 57.8 Å². The maximum Gasteiger partial charge on any atom is 0.0504 e. The SMILES string of the molecule is CCC(CC)(CO)CN(C)c1ccc(C)cc1C. The molecule has 102 valence electrons. The van der Waals surface area contributed by atoms with E-state index in [0.29, 0.717) is 0 Å². The first-order valence-corrected chi connectivity index (χ1v) is 6.87. The largest absolute Gasteiger partial charge is 0.396 e. The number of rotatable bonds is 6. The third-order valence-electron chi connectivity index (χ3n) is 4.17. The average Bonchev–Trinajstić information content (AvgIpc) is 2.36. The van der Waals surface area contributed by atoms with E-state index in [0.717, 1.165) is 19.4 Å². The molecule has 0 heterocycles. The number of anilines is 1. The monoisotopic (exact) mass is 249 g/mol. The highest BCUT2D eigenvalue weighted by molar-refractivity contribution is 5.53. The maximum atomic E-state index is 9.66. The van der Waals surface area contributed by atoms with Crippen LogP contribution in [0.25, 0.3) is 0 Å². The summed E-state index contributed by atoms with van der Waals surface area (Å²) in [6.45, 7) is 9.75. The molecule has 18 heavy (non-hydrogen) atoms. The minimum Gasteiger partial charge on any atom is -0.396 e. The fourth-order valence-corrected chi connectivity index (χ4v) is 2.57. The van der Waals surface area contributed by atoms with Crippen molar-refractivity contribution in [1.82, 2.24) is 0 Å². The highest BCUT2D eigenvalue weighted by atomic mass is 16.3. The third-order valence-corrected chi connectivity index (χ3v) is 4.17. The Kier molecular flexibility index (Phi) is 5.21. The molecule has 2 heteroatoms. The summed E-state index contributed by atoms with van der Waals surface area (Å²) in [6.07, 6.45) is 2.02. The minimum atomic E-state index is 0.0199. The van der Waals surface area contributed by atoms with E-state index in [4.69, 9.17) is 0 Å². The van der Waals surface area contributed by atoms with Crippen LogP contribution in [0.5, 0.6) is 0 Å². The molecule has 0 aliphatic carbocycles. The molecule has 0 aliphatic rings. The molecule has 0 aromatic heterocycles. The summed E-state index contributed by atoms with van der Waals surface area (Å²) in [6, 6.07) is 6.54. The number of aliphatic hydroxyl groups excluding tert-OH is 1. The Morgan fingerprint density at radius 1 is 1.17 bits per heavy atom. The average molecular weight is 249 g/mol. The first-order chi connectivity index (χ1) is 8.48. The van der Waals surface area contributed by atoms with E-state index in [1.807, 2.05) is 0 Å². The molecule has 0 spiro atoms. The molecule has 0 unspecified atom stereocenters. The predicted molar refractivity (Wildman–Crippen MR) is 79.3 cm³/mol. The molecule has 0 bridgehead atoms.